The van der Waals surface area contributed by atoms with Gasteiger partial charge in [-0.2, -0.15) is 0 Å². The van der Waals surface area contributed by atoms with Crippen molar-refractivity contribution < 1.29 is 4.79 Å². The van der Waals surface area contributed by atoms with E-state index in [1.807, 2.05) is 34.8 Å². The second-order valence-electron chi connectivity index (χ2n) is 5.00. The molecule has 0 aliphatic rings. The van der Waals surface area contributed by atoms with Crippen molar-refractivity contribution in [3.63, 3.8) is 0 Å². The average molecular weight is 325 g/mol. The highest BCUT2D eigenvalue weighted by Gasteiger charge is 2.17. The molecule has 1 heterocycles. The lowest BCUT2D eigenvalue weighted by atomic mass is 10.2. The van der Waals surface area contributed by atoms with Gasteiger partial charge in [-0.05, 0) is 36.8 Å². The molecule has 21 heavy (non-hydrogen) atoms. The molecular formula is C16H18Cl2N2O. The van der Waals surface area contributed by atoms with Crippen LogP contribution < -0.4 is 0 Å². The highest BCUT2D eigenvalue weighted by Crippen LogP contribution is 2.21. The van der Waals surface area contributed by atoms with Gasteiger partial charge in [0.05, 0.1) is 6.54 Å². The number of carbonyl (C=O) groups is 1. The first-order valence-corrected chi connectivity index (χ1v) is 7.62. The van der Waals surface area contributed by atoms with Crippen LogP contribution in [-0.4, -0.2) is 21.9 Å². The number of carbonyl (C=O) groups excluding carboxylic acids is 1. The predicted molar refractivity (Wildman–Crippen MR) is 86.9 cm³/mol. The summed E-state index contributed by atoms with van der Waals surface area (Å²) in [5.41, 5.74) is 1.61. The topological polar surface area (TPSA) is 25.2 Å². The summed E-state index contributed by atoms with van der Waals surface area (Å²) >= 11 is 12.0. The van der Waals surface area contributed by atoms with Crippen LogP contribution in [0.1, 0.15) is 29.4 Å². The first-order valence-electron chi connectivity index (χ1n) is 6.87. The number of halogens is 2. The Morgan fingerprint density at radius 2 is 1.90 bits per heavy atom. The van der Waals surface area contributed by atoms with Crippen LogP contribution in [0.15, 0.2) is 36.5 Å². The number of nitrogens with zero attached hydrogens (tertiary/aromatic N) is 2. The zero-order chi connectivity index (χ0) is 15.4. The number of aromatic nitrogens is 1. The van der Waals surface area contributed by atoms with Gasteiger partial charge in [0.1, 0.15) is 0 Å². The molecule has 0 spiro atoms. The fourth-order valence-electron chi connectivity index (χ4n) is 2.24. The minimum Gasteiger partial charge on any atom is -0.353 e. The summed E-state index contributed by atoms with van der Waals surface area (Å²) in [5.74, 6) is -0.0533. The number of aryl methyl sites for hydroxylation is 1. The molecule has 1 aromatic heterocycles. The number of hydrogen-bond donors (Lipinski definition) is 0. The summed E-state index contributed by atoms with van der Waals surface area (Å²) in [4.78, 5) is 14.5. The second-order valence-corrected chi connectivity index (χ2v) is 5.87. The Labute approximate surface area is 135 Å². The molecule has 0 bridgehead atoms. The second kappa shape index (κ2) is 7.01. The third-order valence-electron chi connectivity index (χ3n) is 3.29. The maximum absolute atomic E-state index is 12.7. The van der Waals surface area contributed by atoms with Gasteiger partial charge in [0.25, 0.3) is 5.91 Å². The molecule has 0 saturated heterocycles. The van der Waals surface area contributed by atoms with E-state index in [1.165, 1.54) is 0 Å². The van der Waals surface area contributed by atoms with E-state index >= 15 is 0 Å². The van der Waals surface area contributed by atoms with Gasteiger partial charge in [0.15, 0.2) is 0 Å². The SMILES string of the molecule is CCCN(Cc1cccn1C)C(=O)c1cc(Cl)cc(Cl)c1. The fraction of sp³-hybridized carbons (Fsp3) is 0.312. The van der Waals surface area contributed by atoms with Crippen molar-refractivity contribution in [2.45, 2.75) is 19.9 Å². The number of hydrogen-bond acceptors (Lipinski definition) is 1. The Morgan fingerprint density at radius 1 is 1.24 bits per heavy atom. The molecule has 112 valence electrons. The molecule has 2 aromatic rings. The van der Waals surface area contributed by atoms with Gasteiger partial charge < -0.3 is 9.47 Å². The standard InChI is InChI=1S/C16H18Cl2N2O/c1-3-6-20(11-15-5-4-7-19(15)2)16(21)12-8-13(17)10-14(18)9-12/h4-5,7-10H,3,6,11H2,1-2H3. The van der Waals surface area contributed by atoms with E-state index in [-0.39, 0.29) is 5.91 Å². The molecule has 0 saturated carbocycles. The average Bonchev–Trinajstić information content (AvgIpc) is 2.82. The zero-order valence-corrected chi connectivity index (χ0v) is 13.7. The van der Waals surface area contributed by atoms with E-state index in [1.54, 1.807) is 18.2 Å². The predicted octanol–water partition coefficient (Wildman–Crippen LogP) is 4.38. The van der Waals surface area contributed by atoms with Crippen LogP contribution in [0, 0.1) is 0 Å². The lowest BCUT2D eigenvalue weighted by Gasteiger charge is -2.23. The Bertz CT molecular complexity index is 617. The quantitative estimate of drug-likeness (QED) is 0.801. The molecule has 0 radical (unpaired) electrons. The van der Waals surface area contributed by atoms with E-state index in [0.717, 1.165) is 12.1 Å². The smallest absolute Gasteiger partial charge is 0.254 e. The lowest BCUT2D eigenvalue weighted by Crippen LogP contribution is -2.32. The molecule has 0 atom stereocenters. The molecule has 1 amide bonds. The zero-order valence-electron chi connectivity index (χ0n) is 12.1. The summed E-state index contributed by atoms with van der Waals surface area (Å²) in [6, 6.07) is 8.93. The Morgan fingerprint density at radius 3 is 2.43 bits per heavy atom. The van der Waals surface area contributed by atoms with Gasteiger partial charge in [0, 0.05) is 41.1 Å². The molecular weight excluding hydrogens is 307 g/mol. The summed E-state index contributed by atoms with van der Waals surface area (Å²) in [6.07, 6.45) is 2.87. The first-order chi connectivity index (χ1) is 10.0. The largest absolute Gasteiger partial charge is 0.353 e. The van der Waals surface area contributed by atoms with Crippen molar-refractivity contribution in [3.05, 3.63) is 57.8 Å². The van der Waals surface area contributed by atoms with E-state index in [0.29, 0.717) is 28.7 Å². The van der Waals surface area contributed by atoms with Crippen molar-refractivity contribution in [3.8, 4) is 0 Å². The Kier molecular flexibility index (Phi) is 5.32. The molecule has 5 heteroatoms. The van der Waals surface area contributed by atoms with Crippen molar-refractivity contribution in [2.24, 2.45) is 7.05 Å². The maximum Gasteiger partial charge on any atom is 0.254 e. The monoisotopic (exact) mass is 324 g/mol. The van der Waals surface area contributed by atoms with Crippen LogP contribution in [0.25, 0.3) is 0 Å². The van der Waals surface area contributed by atoms with E-state index in [4.69, 9.17) is 23.2 Å². The summed E-state index contributed by atoms with van der Waals surface area (Å²) in [5, 5.41) is 0.947. The molecule has 0 fully saturated rings. The van der Waals surface area contributed by atoms with Gasteiger partial charge in [0.2, 0.25) is 0 Å². The fourth-order valence-corrected chi connectivity index (χ4v) is 2.76. The van der Waals surface area contributed by atoms with Gasteiger partial charge >= 0.3 is 0 Å². The number of amides is 1. The first kappa shape index (κ1) is 15.9. The van der Waals surface area contributed by atoms with E-state index in [9.17, 15) is 4.79 Å². The molecule has 0 N–H and O–H groups in total. The lowest BCUT2D eigenvalue weighted by molar-refractivity contribution is 0.0740. The van der Waals surface area contributed by atoms with Crippen LogP contribution in [0.5, 0.6) is 0 Å². The van der Waals surface area contributed by atoms with Gasteiger partial charge in [-0.1, -0.05) is 30.1 Å². The molecule has 3 nitrogen and oxygen atoms in total. The molecule has 1 aromatic carbocycles. The molecule has 0 aliphatic carbocycles. The third-order valence-corrected chi connectivity index (χ3v) is 3.73. The van der Waals surface area contributed by atoms with Gasteiger partial charge in [-0.25, -0.2) is 0 Å². The minimum atomic E-state index is -0.0533. The van der Waals surface area contributed by atoms with E-state index in [2.05, 4.69) is 6.92 Å². The highest BCUT2D eigenvalue weighted by molar-refractivity contribution is 6.35. The maximum atomic E-state index is 12.7. The molecule has 0 aliphatic heterocycles. The van der Waals surface area contributed by atoms with Gasteiger partial charge in [-0.3, -0.25) is 4.79 Å². The van der Waals surface area contributed by atoms with Crippen LogP contribution in [0.4, 0.5) is 0 Å². The van der Waals surface area contributed by atoms with Crippen LogP contribution in [0.3, 0.4) is 0 Å². The molecule has 0 unspecified atom stereocenters. The van der Waals surface area contributed by atoms with Crippen molar-refractivity contribution in [1.82, 2.24) is 9.47 Å². The number of benzene rings is 1. The summed E-state index contributed by atoms with van der Waals surface area (Å²) in [6.45, 7) is 3.31. The van der Waals surface area contributed by atoms with Crippen LogP contribution in [-0.2, 0) is 13.6 Å². The normalized spacial score (nSPS) is 10.7. The van der Waals surface area contributed by atoms with Crippen LogP contribution >= 0.6 is 23.2 Å². The molecule has 2 rings (SSSR count). The Balaban J connectivity index is 2.24. The highest BCUT2D eigenvalue weighted by atomic mass is 35.5. The van der Waals surface area contributed by atoms with Crippen molar-refractivity contribution in [1.29, 1.82) is 0 Å². The van der Waals surface area contributed by atoms with Crippen LogP contribution in [0.2, 0.25) is 10.0 Å². The van der Waals surface area contributed by atoms with E-state index < -0.39 is 0 Å². The Hall–Kier alpha value is -1.45. The summed E-state index contributed by atoms with van der Waals surface area (Å²) in [7, 11) is 1.97. The number of rotatable bonds is 5. The van der Waals surface area contributed by atoms with Crippen molar-refractivity contribution >= 4 is 29.1 Å². The van der Waals surface area contributed by atoms with Gasteiger partial charge in [-0.15, -0.1) is 0 Å². The third kappa shape index (κ3) is 4.02. The summed E-state index contributed by atoms with van der Waals surface area (Å²) < 4.78 is 2.01. The minimum absolute atomic E-state index is 0.0533. The van der Waals surface area contributed by atoms with Crippen molar-refractivity contribution in [2.75, 3.05) is 6.54 Å².